The Hall–Kier alpha value is -6.80. The third kappa shape index (κ3) is 17.7. The highest BCUT2D eigenvalue weighted by Crippen LogP contribution is 2.34. The van der Waals surface area contributed by atoms with Crippen LogP contribution in [0.2, 0.25) is 0 Å². The van der Waals surface area contributed by atoms with Crippen LogP contribution in [0.1, 0.15) is 57.6 Å². The van der Waals surface area contributed by atoms with Crippen molar-refractivity contribution in [1.29, 1.82) is 0 Å². The van der Waals surface area contributed by atoms with E-state index in [-0.39, 0.29) is 57.1 Å². The monoisotopic (exact) mass is 1010 g/mol. The average molecular weight is 1020 g/mol. The van der Waals surface area contributed by atoms with Gasteiger partial charge in [-0.05, 0) is 79.5 Å². The summed E-state index contributed by atoms with van der Waals surface area (Å²) in [6, 6.07) is 14.0. The van der Waals surface area contributed by atoms with Crippen LogP contribution in [-0.4, -0.2) is 143 Å². The minimum absolute atomic E-state index is 0.0976. The summed E-state index contributed by atoms with van der Waals surface area (Å²) in [5, 5.41) is 58.7. The second kappa shape index (κ2) is 28.4. The van der Waals surface area contributed by atoms with Gasteiger partial charge in [0.25, 0.3) is 0 Å². The van der Waals surface area contributed by atoms with Crippen LogP contribution in [0.4, 0.5) is 0 Å². The molecule has 2 aliphatic carbocycles. The van der Waals surface area contributed by atoms with Crippen molar-refractivity contribution in [3.63, 3.8) is 0 Å². The lowest BCUT2D eigenvalue weighted by atomic mass is 9.90. The van der Waals surface area contributed by atoms with E-state index in [9.17, 15) is 49.8 Å². The van der Waals surface area contributed by atoms with E-state index in [0.29, 0.717) is 71.0 Å². The maximum absolute atomic E-state index is 12.7. The van der Waals surface area contributed by atoms with E-state index in [2.05, 4.69) is 13.2 Å². The first-order valence-electron chi connectivity index (χ1n) is 24.1. The van der Waals surface area contributed by atoms with Gasteiger partial charge in [0.2, 0.25) is 0 Å². The van der Waals surface area contributed by atoms with Gasteiger partial charge in [-0.1, -0.05) is 75.6 Å². The molecule has 6 rings (SSSR count). The molecule has 0 bridgehead atoms. The Labute approximate surface area is 424 Å². The summed E-state index contributed by atoms with van der Waals surface area (Å²) in [7, 11) is 0. The minimum atomic E-state index is -1.02. The number of rotatable bonds is 26. The summed E-state index contributed by atoms with van der Waals surface area (Å²) >= 11 is 0. The first kappa shape index (κ1) is 57.1. The van der Waals surface area contributed by atoms with Crippen LogP contribution in [0, 0.1) is 11.8 Å². The first-order chi connectivity index (χ1) is 35.0. The Bertz CT molecular complexity index is 2400. The lowest BCUT2D eigenvalue weighted by molar-refractivity contribution is -0.143. The SMILES string of the molecule is C=C(C)C(=O)OCC(O)COC1=CC2OC(=O)C(c3ccc(OCCC(O)C(O)CC)cc3)=CC2C=C1.C=CC(=O)OCC(O)COC1=CC2OC(=O)C(c3ccc(OCCC(O)C(O)CC)cc3)=CC2C=C1. The van der Waals surface area contributed by atoms with E-state index in [0.717, 1.165) is 6.08 Å². The molecule has 0 spiro atoms. The zero-order valence-corrected chi connectivity index (χ0v) is 41.2. The number of esters is 4. The van der Waals surface area contributed by atoms with E-state index < -0.39 is 72.7 Å². The second-order valence-corrected chi connectivity index (χ2v) is 17.5. The second-order valence-electron chi connectivity index (χ2n) is 17.5. The summed E-state index contributed by atoms with van der Waals surface area (Å²) in [5.41, 5.74) is 2.48. The molecule has 0 saturated heterocycles. The molecular weight excluding hydrogens is 949 g/mol. The maximum Gasteiger partial charge on any atom is 0.339 e. The largest absolute Gasteiger partial charge is 0.493 e. The molecule has 0 fully saturated rings. The summed E-state index contributed by atoms with van der Waals surface area (Å²) < 4.78 is 43.2. The predicted octanol–water partition coefficient (Wildman–Crippen LogP) is 4.54. The molecule has 10 unspecified atom stereocenters. The van der Waals surface area contributed by atoms with Crippen molar-refractivity contribution in [3.05, 3.63) is 145 Å². The molecule has 0 radical (unpaired) electrons. The summed E-state index contributed by atoms with van der Waals surface area (Å²) in [4.78, 5) is 47.8. The third-order valence-corrected chi connectivity index (χ3v) is 11.7. The summed E-state index contributed by atoms with van der Waals surface area (Å²) in [6.45, 7) is 11.7. The average Bonchev–Trinajstić information content (AvgIpc) is 3.39. The normalized spacial score (nSPS) is 21.1. The minimum Gasteiger partial charge on any atom is -0.493 e. The van der Waals surface area contributed by atoms with Crippen molar-refractivity contribution in [2.24, 2.45) is 11.8 Å². The Kier molecular flexibility index (Phi) is 22.3. The topological polar surface area (TPSA) is 263 Å². The first-order valence-corrected chi connectivity index (χ1v) is 24.1. The lowest BCUT2D eigenvalue weighted by Gasteiger charge is -2.29. The number of carbonyl (C=O) groups excluding carboxylic acids is 4. The molecule has 18 nitrogen and oxygen atoms in total. The molecule has 0 amide bonds. The molecule has 0 saturated carbocycles. The summed E-state index contributed by atoms with van der Waals surface area (Å²) in [6.07, 6.45) is 10.5. The standard InChI is InChI=1S/C28H34O9.C27H32O9/c1-4-24(30)25(31)11-12-34-21-8-5-18(6-9-21)23-13-19-7-10-22(14-26(19)37-28(23)33)35-15-20(29)16-36-27(32)17(2)3;1-3-23(29)24(30)11-12-33-20-8-5-17(6-9-20)22-13-18-7-10-21(14-25(18)36-27(22)32)34-15-19(28)16-35-26(31)4-2/h5-10,13-14,19-20,24-26,29-31H,2,4,11-12,15-16H2,1,3H3;4-10,13-14,18-19,23-25,28-30H,2-3,11-12,15-16H2,1H3. The van der Waals surface area contributed by atoms with Crippen LogP contribution in [0.3, 0.4) is 0 Å². The number of hydrogen-bond acceptors (Lipinski definition) is 18. The number of carbonyl (C=O) groups is 4. The zero-order valence-electron chi connectivity index (χ0n) is 41.2. The van der Waals surface area contributed by atoms with Gasteiger partial charge in [0, 0.05) is 36.3 Å². The highest BCUT2D eigenvalue weighted by atomic mass is 16.6. The molecule has 4 aliphatic rings. The number of allylic oxidation sites excluding steroid dienone is 2. The third-order valence-electron chi connectivity index (χ3n) is 11.7. The molecule has 2 aliphatic heterocycles. The van der Waals surface area contributed by atoms with E-state index in [4.69, 9.17) is 37.9 Å². The van der Waals surface area contributed by atoms with Crippen molar-refractivity contribution in [3.8, 4) is 11.5 Å². The van der Waals surface area contributed by atoms with Crippen LogP contribution < -0.4 is 9.47 Å². The van der Waals surface area contributed by atoms with Crippen LogP contribution >= 0.6 is 0 Å². The zero-order chi connectivity index (χ0) is 53.0. The van der Waals surface area contributed by atoms with Gasteiger partial charge in [0.1, 0.15) is 73.9 Å². The Morgan fingerprint density at radius 2 is 1.01 bits per heavy atom. The molecule has 2 aromatic carbocycles. The Morgan fingerprint density at radius 1 is 0.603 bits per heavy atom. The molecular formula is C55H66O18. The smallest absolute Gasteiger partial charge is 0.339 e. The van der Waals surface area contributed by atoms with Crippen molar-refractivity contribution in [2.45, 2.75) is 95.3 Å². The van der Waals surface area contributed by atoms with Crippen LogP contribution in [0.15, 0.2) is 133 Å². The van der Waals surface area contributed by atoms with Gasteiger partial charge in [-0.25, -0.2) is 19.2 Å². The van der Waals surface area contributed by atoms with Crippen molar-refractivity contribution < 1.29 is 87.7 Å². The molecule has 394 valence electrons. The molecule has 6 N–H and O–H groups in total. The number of ether oxygens (including phenoxy) is 8. The quantitative estimate of drug-likeness (QED) is 0.0429. The van der Waals surface area contributed by atoms with Crippen LogP contribution in [0.5, 0.6) is 11.5 Å². The van der Waals surface area contributed by atoms with Gasteiger partial charge in [-0.2, -0.15) is 0 Å². The van der Waals surface area contributed by atoms with Gasteiger partial charge >= 0.3 is 23.9 Å². The predicted molar refractivity (Wildman–Crippen MR) is 266 cm³/mol. The Morgan fingerprint density at radius 3 is 1.40 bits per heavy atom. The van der Waals surface area contributed by atoms with Crippen molar-refractivity contribution in [1.82, 2.24) is 0 Å². The number of aliphatic hydroxyl groups excluding tert-OH is 6. The van der Waals surface area contributed by atoms with E-state index in [1.54, 1.807) is 86.7 Å². The Balaban J connectivity index is 0.000000271. The van der Waals surface area contributed by atoms with Crippen LogP contribution in [0.25, 0.3) is 11.1 Å². The highest BCUT2D eigenvalue weighted by Gasteiger charge is 2.33. The molecule has 18 heteroatoms. The van der Waals surface area contributed by atoms with Crippen molar-refractivity contribution in [2.75, 3.05) is 39.6 Å². The van der Waals surface area contributed by atoms with Gasteiger partial charge in [-0.3, -0.25) is 0 Å². The van der Waals surface area contributed by atoms with Crippen LogP contribution in [-0.2, 0) is 47.6 Å². The number of aliphatic hydroxyl groups is 6. The fraction of sp³-hybridized carbons (Fsp3) is 0.418. The highest BCUT2D eigenvalue weighted by molar-refractivity contribution is 6.18. The molecule has 73 heavy (non-hydrogen) atoms. The number of fused-ring (bicyclic) bond motifs is 2. The molecule has 2 aromatic rings. The van der Waals surface area contributed by atoms with E-state index >= 15 is 0 Å². The molecule has 0 aromatic heterocycles. The lowest BCUT2D eigenvalue weighted by Crippen LogP contribution is -2.31. The molecule has 10 atom stereocenters. The summed E-state index contributed by atoms with van der Waals surface area (Å²) in [5.74, 6) is -0.451. The maximum atomic E-state index is 12.7. The van der Waals surface area contributed by atoms with E-state index in [1.165, 1.54) is 6.92 Å². The number of benzene rings is 2. The number of hydrogen-bond donors (Lipinski definition) is 6. The van der Waals surface area contributed by atoms with Gasteiger partial charge < -0.3 is 68.5 Å². The fourth-order valence-electron chi connectivity index (χ4n) is 7.33. The van der Waals surface area contributed by atoms with Gasteiger partial charge in [0.15, 0.2) is 0 Å². The van der Waals surface area contributed by atoms with Crippen molar-refractivity contribution >= 4 is 35.0 Å². The molecule has 2 heterocycles. The van der Waals surface area contributed by atoms with Gasteiger partial charge in [0.05, 0.1) is 48.8 Å². The fourth-order valence-corrected chi connectivity index (χ4v) is 7.33. The van der Waals surface area contributed by atoms with E-state index in [1.807, 2.05) is 24.3 Å². The van der Waals surface area contributed by atoms with Gasteiger partial charge in [-0.15, -0.1) is 0 Å².